The molecule has 2 aliphatic carbocycles. The average molecular weight is 476 g/mol. The molecule has 0 aliphatic heterocycles. The number of carbonyl (C=O) groups excluding carboxylic acids is 2. The number of H-pyrrole nitrogens is 1. The maximum absolute atomic E-state index is 13.1. The third kappa shape index (κ3) is 5.06. The molecule has 2 aromatic heterocycles. The first-order valence-electron chi connectivity index (χ1n) is 12.3. The van der Waals surface area contributed by atoms with Gasteiger partial charge in [0, 0.05) is 42.8 Å². The van der Waals surface area contributed by atoms with E-state index in [1.165, 1.54) is 0 Å². The highest BCUT2D eigenvalue weighted by Crippen LogP contribution is 2.49. The van der Waals surface area contributed by atoms with Crippen molar-refractivity contribution in [2.45, 2.75) is 63.7 Å². The monoisotopic (exact) mass is 475 g/mol. The van der Waals surface area contributed by atoms with Gasteiger partial charge in [0.05, 0.1) is 17.5 Å². The van der Waals surface area contributed by atoms with Crippen molar-refractivity contribution in [2.24, 2.45) is 5.92 Å². The summed E-state index contributed by atoms with van der Waals surface area (Å²) in [4.78, 5) is 45.4. The first kappa shape index (κ1) is 23.1. The summed E-state index contributed by atoms with van der Waals surface area (Å²) in [6.45, 7) is 0. The van der Waals surface area contributed by atoms with Crippen LogP contribution < -0.4 is 10.9 Å². The minimum Gasteiger partial charge on any atom is -0.506 e. The Kier molecular flexibility index (Phi) is 6.53. The molecule has 1 saturated carbocycles. The van der Waals surface area contributed by atoms with Gasteiger partial charge in [0.25, 0.3) is 0 Å². The zero-order valence-electron chi connectivity index (χ0n) is 19.5. The average Bonchev–Trinajstić information content (AvgIpc) is 3.52. The number of nitrogens with zero attached hydrogens (tertiary/aromatic N) is 1. The molecule has 182 valence electrons. The van der Waals surface area contributed by atoms with Crippen molar-refractivity contribution in [2.75, 3.05) is 5.32 Å². The number of rotatable bonds is 7. The number of nitrogens with one attached hydrogen (secondary N) is 2. The standard InChI is InChI=1S/C27H29N3O5/c31-20-7-2-1-3-8-21-24(20)26(33)25(27(34)35-21)23(16-9-10-16)17-5-4-6-18(13-17)30-22(32)12-11-19-14-28-15-29-19/h4-6,13-16,23,33H,1-3,7-12H2,(H,28,29)(H,30,32)/t23-/m1/s1. The number of anilines is 1. The van der Waals surface area contributed by atoms with E-state index in [-0.39, 0.29) is 34.5 Å². The van der Waals surface area contributed by atoms with Crippen LogP contribution in [-0.4, -0.2) is 26.8 Å². The van der Waals surface area contributed by atoms with Crippen molar-refractivity contribution in [1.82, 2.24) is 9.97 Å². The second-order valence-electron chi connectivity index (χ2n) is 9.50. The molecule has 0 radical (unpaired) electrons. The number of aromatic amines is 1. The number of benzene rings is 1. The highest BCUT2D eigenvalue weighted by atomic mass is 16.4. The van der Waals surface area contributed by atoms with E-state index < -0.39 is 11.5 Å². The van der Waals surface area contributed by atoms with Crippen LogP contribution in [0.4, 0.5) is 5.69 Å². The van der Waals surface area contributed by atoms with Crippen LogP contribution in [0.2, 0.25) is 0 Å². The number of amides is 1. The molecule has 1 amide bonds. The summed E-state index contributed by atoms with van der Waals surface area (Å²) in [5.74, 6) is -0.472. The van der Waals surface area contributed by atoms with E-state index in [1.54, 1.807) is 18.6 Å². The lowest BCUT2D eigenvalue weighted by molar-refractivity contribution is -0.116. The quantitative estimate of drug-likeness (QED) is 0.463. The van der Waals surface area contributed by atoms with Crippen LogP contribution in [0.3, 0.4) is 0 Å². The van der Waals surface area contributed by atoms with Crippen LogP contribution in [0.1, 0.15) is 83.8 Å². The summed E-state index contributed by atoms with van der Waals surface area (Å²) in [6.07, 6.45) is 9.23. The van der Waals surface area contributed by atoms with Gasteiger partial charge < -0.3 is 19.8 Å². The lowest BCUT2D eigenvalue weighted by atomic mass is 9.85. The summed E-state index contributed by atoms with van der Waals surface area (Å²) < 4.78 is 5.65. The number of fused-ring (bicyclic) bond motifs is 1. The zero-order chi connectivity index (χ0) is 24.4. The number of imidazole rings is 1. The van der Waals surface area contributed by atoms with Gasteiger partial charge in [0.15, 0.2) is 5.78 Å². The van der Waals surface area contributed by atoms with Crippen LogP contribution in [0, 0.1) is 5.92 Å². The molecular formula is C27H29N3O5. The Bertz CT molecular complexity index is 1290. The molecule has 8 nitrogen and oxygen atoms in total. The fourth-order valence-corrected chi connectivity index (χ4v) is 5.00. The molecule has 5 rings (SSSR count). The first-order valence-corrected chi connectivity index (χ1v) is 12.3. The number of aromatic nitrogens is 2. The minimum absolute atomic E-state index is 0.131. The Labute approximate surface area is 202 Å². The molecule has 0 saturated heterocycles. The molecule has 2 heterocycles. The second-order valence-corrected chi connectivity index (χ2v) is 9.50. The molecule has 35 heavy (non-hydrogen) atoms. The van der Waals surface area contributed by atoms with Crippen LogP contribution in [0.25, 0.3) is 0 Å². The molecule has 3 N–H and O–H groups in total. The number of aromatic hydroxyl groups is 1. The van der Waals surface area contributed by atoms with E-state index in [0.29, 0.717) is 37.1 Å². The third-order valence-electron chi connectivity index (χ3n) is 6.90. The smallest absolute Gasteiger partial charge is 0.343 e. The first-order chi connectivity index (χ1) is 17.0. The van der Waals surface area contributed by atoms with Gasteiger partial charge in [-0.3, -0.25) is 9.59 Å². The van der Waals surface area contributed by atoms with Crippen molar-refractivity contribution in [3.8, 4) is 5.75 Å². The van der Waals surface area contributed by atoms with Gasteiger partial charge in [-0.15, -0.1) is 0 Å². The highest BCUT2D eigenvalue weighted by Gasteiger charge is 2.39. The second kappa shape index (κ2) is 9.90. The van der Waals surface area contributed by atoms with E-state index in [1.807, 2.05) is 18.2 Å². The van der Waals surface area contributed by atoms with Gasteiger partial charge >= 0.3 is 5.63 Å². The Morgan fingerprint density at radius 3 is 2.80 bits per heavy atom. The van der Waals surface area contributed by atoms with E-state index in [2.05, 4.69) is 15.3 Å². The zero-order valence-corrected chi connectivity index (χ0v) is 19.5. The summed E-state index contributed by atoms with van der Waals surface area (Å²) in [6, 6.07) is 7.36. The Morgan fingerprint density at radius 2 is 2.03 bits per heavy atom. The van der Waals surface area contributed by atoms with E-state index in [4.69, 9.17) is 4.42 Å². The Hall–Kier alpha value is -3.68. The predicted molar refractivity (Wildman–Crippen MR) is 130 cm³/mol. The van der Waals surface area contributed by atoms with Gasteiger partial charge in [-0.05, 0) is 55.7 Å². The summed E-state index contributed by atoms with van der Waals surface area (Å²) in [7, 11) is 0. The van der Waals surface area contributed by atoms with Crippen molar-refractivity contribution in [3.05, 3.63) is 75.4 Å². The van der Waals surface area contributed by atoms with Crippen LogP contribution in [-0.2, 0) is 17.6 Å². The molecule has 8 heteroatoms. The number of ketones is 1. The predicted octanol–water partition coefficient (Wildman–Crippen LogP) is 4.48. The number of hydrogen-bond donors (Lipinski definition) is 3. The van der Waals surface area contributed by atoms with Crippen molar-refractivity contribution in [3.63, 3.8) is 0 Å². The number of Topliss-reactive ketones (excluding diaryl/α,β-unsaturated/α-hetero) is 1. The number of carbonyl (C=O) groups is 2. The van der Waals surface area contributed by atoms with Crippen LogP contribution in [0.5, 0.6) is 5.75 Å². The van der Waals surface area contributed by atoms with Gasteiger partial charge in [-0.2, -0.15) is 0 Å². The lowest BCUT2D eigenvalue weighted by Crippen LogP contribution is -2.21. The SMILES string of the molecule is O=C(CCc1cnc[nH]1)Nc1cccc([C@H](c2c(O)c3c(oc2=O)CCCCCC3=O)C2CC2)c1. The molecule has 2 aliphatic rings. The largest absolute Gasteiger partial charge is 0.506 e. The summed E-state index contributed by atoms with van der Waals surface area (Å²) in [5, 5.41) is 14.1. The fraction of sp³-hybridized carbons (Fsp3) is 0.407. The molecule has 3 aromatic rings. The topological polar surface area (TPSA) is 125 Å². The van der Waals surface area contributed by atoms with Gasteiger partial charge in [0.2, 0.25) is 5.91 Å². The van der Waals surface area contributed by atoms with Gasteiger partial charge in [-0.1, -0.05) is 18.6 Å². The lowest BCUT2D eigenvalue weighted by Gasteiger charge is -2.21. The molecular weight excluding hydrogens is 446 g/mol. The van der Waals surface area contributed by atoms with E-state index >= 15 is 0 Å². The van der Waals surface area contributed by atoms with Gasteiger partial charge in [0.1, 0.15) is 11.5 Å². The Morgan fingerprint density at radius 1 is 1.20 bits per heavy atom. The molecule has 1 atom stereocenters. The summed E-state index contributed by atoms with van der Waals surface area (Å²) >= 11 is 0. The van der Waals surface area contributed by atoms with E-state index in [0.717, 1.165) is 43.4 Å². The molecule has 1 fully saturated rings. The van der Waals surface area contributed by atoms with Crippen molar-refractivity contribution in [1.29, 1.82) is 0 Å². The number of hydrogen-bond acceptors (Lipinski definition) is 6. The number of aryl methyl sites for hydroxylation is 2. The fourth-order valence-electron chi connectivity index (χ4n) is 5.00. The maximum atomic E-state index is 13.1. The highest BCUT2D eigenvalue weighted by molar-refractivity contribution is 6.00. The normalized spacial score (nSPS) is 16.7. The maximum Gasteiger partial charge on any atom is 0.343 e. The van der Waals surface area contributed by atoms with Crippen molar-refractivity contribution < 1.29 is 19.1 Å². The molecule has 0 bridgehead atoms. The van der Waals surface area contributed by atoms with Crippen molar-refractivity contribution >= 4 is 17.4 Å². The van der Waals surface area contributed by atoms with Crippen LogP contribution >= 0.6 is 0 Å². The molecule has 1 aromatic carbocycles. The summed E-state index contributed by atoms with van der Waals surface area (Å²) in [5.41, 5.74) is 2.06. The molecule has 0 unspecified atom stereocenters. The third-order valence-corrected chi connectivity index (χ3v) is 6.90. The van der Waals surface area contributed by atoms with Crippen LogP contribution in [0.15, 0.2) is 46.0 Å². The van der Waals surface area contributed by atoms with Gasteiger partial charge in [-0.25, -0.2) is 9.78 Å². The minimum atomic E-state index is -0.583. The Balaban J connectivity index is 1.44. The van der Waals surface area contributed by atoms with E-state index in [9.17, 15) is 19.5 Å². The molecule has 0 spiro atoms.